The molecule has 1 aliphatic heterocycles. The van der Waals surface area contributed by atoms with Crippen molar-refractivity contribution < 1.29 is 4.79 Å². The number of H-pyrrole nitrogens is 1. The zero-order valence-electron chi connectivity index (χ0n) is 12.4. The maximum atomic E-state index is 11.9. The summed E-state index contributed by atoms with van der Waals surface area (Å²) in [6.45, 7) is 3.94. The van der Waals surface area contributed by atoms with Gasteiger partial charge in [0.15, 0.2) is 0 Å². The number of benzene rings is 1. The van der Waals surface area contributed by atoms with Gasteiger partial charge in [-0.3, -0.25) is 9.69 Å². The van der Waals surface area contributed by atoms with E-state index in [1.165, 1.54) is 31.5 Å². The van der Waals surface area contributed by atoms with E-state index < -0.39 is 0 Å². The molecular weight excluding hydrogens is 298 g/mol. The van der Waals surface area contributed by atoms with Crippen LogP contribution in [0.15, 0.2) is 36.5 Å². The van der Waals surface area contributed by atoms with Crippen molar-refractivity contribution in [1.29, 1.82) is 0 Å². The molecule has 0 atom stereocenters. The third-order valence-corrected chi connectivity index (χ3v) is 4.19. The molecule has 116 valence electrons. The number of carbonyl (C=O) groups is 1. The first-order valence-corrected chi connectivity index (χ1v) is 8.01. The molecule has 1 saturated heterocycles. The van der Waals surface area contributed by atoms with Crippen molar-refractivity contribution in [3.63, 3.8) is 0 Å². The lowest BCUT2D eigenvalue weighted by atomic mass is 10.1. The highest BCUT2D eigenvalue weighted by molar-refractivity contribution is 6.30. The number of nitrogens with zero attached hydrogens (tertiary/aromatic N) is 1. The van der Waals surface area contributed by atoms with Crippen molar-refractivity contribution in [1.82, 2.24) is 15.2 Å². The van der Waals surface area contributed by atoms with Crippen LogP contribution >= 0.6 is 11.6 Å². The van der Waals surface area contributed by atoms with Crippen molar-refractivity contribution in [3.05, 3.63) is 58.4 Å². The van der Waals surface area contributed by atoms with E-state index in [2.05, 4.69) is 39.5 Å². The van der Waals surface area contributed by atoms with Crippen molar-refractivity contribution in [3.8, 4) is 0 Å². The van der Waals surface area contributed by atoms with Gasteiger partial charge in [0, 0.05) is 19.3 Å². The summed E-state index contributed by atoms with van der Waals surface area (Å²) in [5.74, 6) is -0.145. The smallest absolute Gasteiger partial charge is 0.268 e. The molecule has 1 aromatic carbocycles. The van der Waals surface area contributed by atoms with E-state index >= 15 is 0 Å². The minimum atomic E-state index is -0.145. The van der Waals surface area contributed by atoms with Gasteiger partial charge in [-0.15, -0.1) is 0 Å². The Labute approximate surface area is 135 Å². The fraction of sp³-hybridized carbons (Fsp3) is 0.353. The standard InChI is InChI=1S/C17H20ClN3O/c18-15-9-16(19-11-15)17(22)20-10-13-3-5-14(6-4-13)12-21-7-1-2-8-21/h3-6,9,11,19H,1-2,7-8,10,12H2,(H,20,22). The van der Waals surface area contributed by atoms with Gasteiger partial charge < -0.3 is 10.3 Å². The minimum absolute atomic E-state index is 0.145. The Kier molecular flexibility index (Phi) is 4.80. The van der Waals surface area contributed by atoms with E-state index in [0.717, 1.165) is 12.1 Å². The molecule has 1 aliphatic rings. The average Bonchev–Trinajstić information content (AvgIpc) is 3.18. The summed E-state index contributed by atoms with van der Waals surface area (Å²) in [5, 5.41) is 3.42. The van der Waals surface area contributed by atoms with E-state index in [1.807, 2.05) is 0 Å². The molecule has 2 heterocycles. The van der Waals surface area contributed by atoms with E-state index in [0.29, 0.717) is 17.3 Å². The van der Waals surface area contributed by atoms with Gasteiger partial charge in [-0.25, -0.2) is 0 Å². The molecule has 0 aliphatic carbocycles. The molecule has 0 bridgehead atoms. The number of likely N-dealkylation sites (tertiary alicyclic amines) is 1. The van der Waals surface area contributed by atoms with Gasteiger partial charge in [-0.05, 0) is 43.1 Å². The third-order valence-electron chi connectivity index (χ3n) is 3.97. The Morgan fingerprint density at radius 2 is 1.86 bits per heavy atom. The molecule has 2 N–H and O–H groups in total. The van der Waals surface area contributed by atoms with Gasteiger partial charge in [0.05, 0.1) is 5.02 Å². The highest BCUT2D eigenvalue weighted by Gasteiger charge is 2.11. The summed E-state index contributed by atoms with van der Waals surface area (Å²) in [5.41, 5.74) is 2.90. The minimum Gasteiger partial charge on any atom is -0.356 e. The van der Waals surface area contributed by atoms with Crippen LogP contribution in [0.5, 0.6) is 0 Å². The van der Waals surface area contributed by atoms with Gasteiger partial charge in [0.25, 0.3) is 5.91 Å². The Hall–Kier alpha value is -1.78. The number of hydrogen-bond acceptors (Lipinski definition) is 2. The number of hydrogen-bond donors (Lipinski definition) is 2. The number of aromatic nitrogens is 1. The lowest BCUT2D eigenvalue weighted by Gasteiger charge is -2.14. The largest absolute Gasteiger partial charge is 0.356 e. The molecule has 5 heteroatoms. The number of amides is 1. The highest BCUT2D eigenvalue weighted by Crippen LogP contribution is 2.13. The van der Waals surface area contributed by atoms with Crippen LogP contribution in [-0.4, -0.2) is 28.9 Å². The second kappa shape index (κ2) is 6.99. The highest BCUT2D eigenvalue weighted by atomic mass is 35.5. The van der Waals surface area contributed by atoms with Crippen molar-refractivity contribution in [2.75, 3.05) is 13.1 Å². The summed E-state index contributed by atoms with van der Waals surface area (Å²) in [4.78, 5) is 17.2. The van der Waals surface area contributed by atoms with Crippen LogP contribution < -0.4 is 5.32 Å². The van der Waals surface area contributed by atoms with Gasteiger partial charge in [-0.1, -0.05) is 35.9 Å². The topological polar surface area (TPSA) is 48.1 Å². The van der Waals surface area contributed by atoms with Crippen molar-refractivity contribution in [2.24, 2.45) is 0 Å². The van der Waals surface area contributed by atoms with Gasteiger partial charge >= 0.3 is 0 Å². The molecule has 0 saturated carbocycles. The van der Waals surface area contributed by atoms with E-state index in [-0.39, 0.29) is 5.91 Å². The quantitative estimate of drug-likeness (QED) is 0.889. The van der Waals surface area contributed by atoms with Crippen LogP contribution in [0.1, 0.15) is 34.5 Å². The molecule has 3 rings (SSSR count). The van der Waals surface area contributed by atoms with Crippen LogP contribution in [0.25, 0.3) is 0 Å². The number of aromatic amines is 1. The third kappa shape index (κ3) is 3.90. The zero-order valence-corrected chi connectivity index (χ0v) is 13.2. The summed E-state index contributed by atoms with van der Waals surface area (Å²) >= 11 is 5.79. The average molecular weight is 318 g/mol. The Morgan fingerprint density at radius 3 is 2.50 bits per heavy atom. The fourth-order valence-electron chi connectivity index (χ4n) is 2.74. The molecule has 0 unspecified atom stereocenters. The van der Waals surface area contributed by atoms with Crippen LogP contribution in [0.2, 0.25) is 5.02 Å². The second-order valence-corrected chi connectivity index (χ2v) is 6.15. The Balaban J connectivity index is 1.51. The van der Waals surface area contributed by atoms with E-state index in [1.54, 1.807) is 12.3 Å². The maximum Gasteiger partial charge on any atom is 0.268 e. The molecule has 0 spiro atoms. The predicted octanol–water partition coefficient (Wildman–Crippen LogP) is 3.19. The molecule has 1 fully saturated rings. The van der Waals surface area contributed by atoms with E-state index in [4.69, 9.17) is 11.6 Å². The molecular formula is C17H20ClN3O. The fourth-order valence-corrected chi connectivity index (χ4v) is 2.90. The first-order valence-electron chi connectivity index (χ1n) is 7.63. The van der Waals surface area contributed by atoms with Crippen LogP contribution in [-0.2, 0) is 13.1 Å². The summed E-state index contributed by atoms with van der Waals surface area (Å²) in [6, 6.07) is 10.1. The lowest BCUT2D eigenvalue weighted by Crippen LogP contribution is -2.23. The monoisotopic (exact) mass is 317 g/mol. The SMILES string of the molecule is O=C(NCc1ccc(CN2CCCC2)cc1)c1cc(Cl)c[nH]1. The molecule has 22 heavy (non-hydrogen) atoms. The van der Waals surface area contributed by atoms with Crippen molar-refractivity contribution >= 4 is 17.5 Å². The molecule has 2 aromatic rings. The lowest BCUT2D eigenvalue weighted by molar-refractivity contribution is 0.0946. The first-order chi connectivity index (χ1) is 10.7. The van der Waals surface area contributed by atoms with E-state index in [9.17, 15) is 4.79 Å². The van der Waals surface area contributed by atoms with Gasteiger partial charge in [-0.2, -0.15) is 0 Å². The van der Waals surface area contributed by atoms with Crippen LogP contribution in [0, 0.1) is 0 Å². The number of carbonyl (C=O) groups excluding carboxylic acids is 1. The molecule has 1 amide bonds. The second-order valence-electron chi connectivity index (χ2n) is 5.71. The number of nitrogens with one attached hydrogen (secondary N) is 2. The number of rotatable bonds is 5. The Morgan fingerprint density at radius 1 is 1.18 bits per heavy atom. The van der Waals surface area contributed by atoms with Crippen LogP contribution in [0.3, 0.4) is 0 Å². The number of halogens is 1. The Bertz CT molecular complexity index is 630. The summed E-state index contributed by atoms with van der Waals surface area (Å²) < 4.78 is 0. The molecule has 0 radical (unpaired) electrons. The normalized spacial score (nSPS) is 15.1. The molecule has 1 aromatic heterocycles. The van der Waals surface area contributed by atoms with Crippen molar-refractivity contribution in [2.45, 2.75) is 25.9 Å². The first kappa shape index (κ1) is 15.1. The molecule has 4 nitrogen and oxygen atoms in total. The maximum absolute atomic E-state index is 11.9. The van der Waals surface area contributed by atoms with Gasteiger partial charge in [0.2, 0.25) is 0 Å². The predicted molar refractivity (Wildman–Crippen MR) is 87.9 cm³/mol. The summed E-state index contributed by atoms with van der Waals surface area (Å²) in [6.07, 6.45) is 4.23. The zero-order chi connectivity index (χ0) is 15.4. The van der Waals surface area contributed by atoms with Crippen LogP contribution in [0.4, 0.5) is 0 Å². The summed E-state index contributed by atoms with van der Waals surface area (Å²) in [7, 11) is 0. The van der Waals surface area contributed by atoms with Gasteiger partial charge in [0.1, 0.15) is 5.69 Å².